The fourth-order valence-corrected chi connectivity index (χ4v) is 2.43. The van der Waals surface area contributed by atoms with Gasteiger partial charge in [0.15, 0.2) is 0 Å². The third-order valence-electron chi connectivity index (χ3n) is 3.42. The molecule has 0 amide bonds. The van der Waals surface area contributed by atoms with Crippen LogP contribution in [0.2, 0.25) is 5.02 Å². The van der Waals surface area contributed by atoms with Crippen LogP contribution in [0.3, 0.4) is 0 Å². The molecular weight excluding hydrogens is 236 g/mol. The Kier molecular flexibility index (Phi) is 2.60. The van der Waals surface area contributed by atoms with Gasteiger partial charge in [-0.1, -0.05) is 17.7 Å². The summed E-state index contributed by atoms with van der Waals surface area (Å²) in [5.41, 5.74) is 1.68. The van der Waals surface area contributed by atoms with Crippen molar-refractivity contribution in [2.45, 2.75) is 50.7 Å². The molecule has 1 aromatic rings. The minimum absolute atomic E-state index is 0.336. The van der Waals surface area contributed by atoms with Gasteiger partial charge in [0.2, 0.25) is 0 Å². The first-order chi connectivity index (χ1) is 8.06. The Morgan fingerprint density at radius 3 is 2.71 bits per heavy atom. The summed E-state index contributed by atoms with van der Waals surface area (Å²) >= 11 is 6.25. The monoisotopic (exact) mass is 252 g/mol. The summed E-state index contributed by atoms with van der Waals surface area (Å²) in [7, 11) is 0. The van der Waals surface area contributed by atoms with Crippen molar-refractivity contribution in [1.82, 2.24) is 0 Å². The van der Waals surface area contributed by atoms with E-state index in [9.17, 15) is 5.11 Å². The SMILES string of the molecule is Cc1cc(Cl)c(OC2CC2)c(CC2(O)CC2)c1. The zero-order valence-electron chi connectivity index (χ0n) is 10.0. The number of aliphatic hydroxyl groups is 1. The van der Waals surface area contributed by atoms with Crippen LogP contribution in [-0.2, 0) is 6.42 Å². The largest absolute Gasteiger partial charge is 0.489 e. The molecule has 92 valence electrons. The highest BCUT2D eigenvalue weighted by molar-refractivity contribution is 6.32. The van der Waals surface area contributed by atoms with E-state index in [1.807, 2.05) is 13.0 Å². The molecule has 3 rings (SSSR count). The van der Waals surface area contributed by atoms with Crippen LogP contribution in [0.1, 0.15) is 36.8 Å². The molecule has 0 unspecified atom stereocenters. The number of hydrogen-bond donors (Lipinski definition) is 1. The molecule has 0 aliphatic heterocycles. The van der Waals surface area contributed by atoms with Crippen molar-refractivity contribution in [3.05, 3.63) is 28.3 Å². The van der Waals surface area contributed by atoms with E-state index in [4.69, 9.17) is 16.3 Å². The molecule has 2 nitrogen and oxygen atoms in total. The lowest BCUT2D eigenvalue weighted by atomic mass is 10.0. The number of halogens is 1. The molecule has 0 heterocycles. The minimum Gasteiger partial charge on any atom is -0.489 e. The maximum atomic E-state index is 10.0. The number of benzene rings is 1. The maximum Gasteiger partial charge on any atom is 0.141 e. The maximum absolute atomic E-state index is 10.0. The second kappa shape index (κ2) is 3.89. The standard InChI is InChI=1S/C14H17ClO2/c1-9-6-10(8-14(16)4-5-14)13(12(15)7-9)17-11-2-3-11/h6-7,11,16H,2-5,8H2,1H3. The van der Waals surface area contributed by atoms with Crippen molar-refractivity contribution in [2.24, 2.45) is 0 Å². The fourth-order valence-electron chi connectivity index (χ4n) is 2.09. The van der Waals surface area contributed by atoms with Crippen LogP contribution in [-0.4, -0.2) is 16.8 Å². The summed E-state index contributed by atoms with van der Waals surface area (Å²) in [6.07, 6.45) is 5.02. The van der Waals surface area contributed by atoms with Gasteiger partial charge in [0.1, 0.15) is 5.75 Å². The smallest absolute Gasteiger partial charge is 0.141 e. The van der Waals surface area contributed by atoms with Crippen molar-refractivity contribution < 1.29 is 9.84 Å². The number of aryl methyl sites for hydroxylation is 1. The first-order valence-electron chi connectivity index (χ1n) is 6.24. The Labute approximate surface area is 107 Å². The van der Waals surface area contributed by atoms with Crippen LogP contribution in [0, 0.1) is 6.92 Å². The zero-order valence-corrected chi connectivity index (χ0v) is 10.8. The lowest BCUT2D eigenvalue weighted by Crippen LogP contribution is -2.13. The van der Waals surface area contributed by atoms with E-state index in [0.29, 0.717) is 17.5 Å². The highest BCUT2D eigenvalue weighted by Gasteiger charge is 2.41. The zero-order chi connectivity index (χ0) is 12.0. The van der Waals surface area contributed by atoms with Gasteiger partial charge < -0.3 is 9.84 Å². The Balaban J connectivity index is 1.91. The molecule has 1 N–H and O–H groups in total. The number of ether oxygens (including phenoxy) is 1. The molecule has 0 spiro atoms. The van der Waals surface area contributed by atoms with Crippen LogP contribution < -0.4 is 4.74 Å². The van der Waals surface area contributed by atoms with Gasteiger partial charge in [0.25, 0.3) is 0 Å². The molecule has 0 radical (unpaired) electrons. The molecule has 0 saturated heterocycles. The van der Waals surface area contributed by atoms with Crippen LogP contribution in [0.25, 0.3) is 0 Å². The van der Waals surface area contributed by atoms with E-state index in [1.165, 1.54) is 0 Å². The first kappa shape index (κ1) is 11.4. The third kappa shape index (κ3) is 2.58. The lowest BCUT2D eigenvalue weighted by Gasteiger charge is -2.16. The van der Waals surface area contributed by atoms with Crippen LogP contribution >= 0.6 is 11.6 Å². The normalized spacial score (nSPS) is 21.4. The van der Waals surface area contributed by atoms with E-state index >= 15 is 0 Å². The number of hydrogen-bond acceptors (Lipinski definition) is 2. The van der Waals surface area contributed by atoms with Crippen LogP contribution in [0.5, 0.6) is 5.75 Å². The van der Waals surface area contributed by atoms with Gasteiger partial charge in [0, 0.05) is 6.42 Å². The predicted octanol–water partition coefficient (Wildman–Crippen LogP) is 3.26. The van der Waals surface area contributed by atoms with Gasteiger partial charge in [-0.05, 0) is 49.8 Å². The topological polar surface area (TPSA) is 29.5 Å². The Morgan fingerprint density at radius 1 is 1.41 bits per heavy atom. The molecule has 2 saturated carbocycles. The van der Waals surface area contributed by atoms with E-state index in [2.05, 4.69) is 6.07 Å². The lowest BCUT2D eigenvalue weighted by molar-refractivity contribution is 0.149. The van der Waals surface area contributed by atoms with Crippen molar-refractivity contribution in [1.29, 1.82) is 0 Å². The quantitative estimate of drug-likeness (QED) is 0.891. The van der Waals surface area contributed by atoms with E-state index in [-0.39, 0.29) is 0 Å². The van der Waals surface area contributed by atoms with Gasteiger partial charge in [-0.25, -0.2) is 0 Å². The second-order valence-corrected chi connectivity index (χ2v) is 5.86. The molecular formula is C14H17ClO2. The van der Waals surface area contributed by atoms with Crippen molar-refractivity contribution in [3.8, 4) is 5.75 Å². The molecule has 17 heavy (non-hydrogen) atoms. The average Bonchev–Trinajstić information content (AvgIpc) is 3.11. The van der Waals surface area contributed by atoms with E-state index in [0.717, 1.165) is 42.6 Å². The second-order valence-electron chi connectivity index (χ2n) is 5.45. The highest BCUT2D eigenvalue weighted by atomic mass is 35.5. The fraction of sp³-hybridized carbons (Fsp3) is 0.571. The summed E-state index contributed by atoms with van der Waals surface area (Å²) in [5, 5.41) is 10.7. The number of rotatable bonds is 4. The molecule has 2 aliphatic carbocycles. The van der Waals surface area contributed by atoms with Gasteiger partial charge in [-0.2, -0.15) is 0 Å². The van der Waals surface area contributed by atoms with Crippen LogP contribution in [0.4, 0.5) is 0 Å². The Hall–Kier alpha value is -0.730. The average molecular weight is 253 g/mol. The van der Waals surface area contributed by atoms with Crippen molar-refractivity contribution in [3.63, 3.8) is 0 Å². The molecule has 3 heteroatoms. The molecule has 2 fully saturated rings. The minimum atomic E-state index is -0.501. The molecule has 2 aliphatic rings. The summed E-state index contributed by atoms with van der Waals surface area (Å²) in [6.45, 7) is 2.02. The van der Waals surface area contributed by atoms with Gasteiger partial charge >= 0.3 is 0 Å². The summed E-state index contributed by atoms with van der Waals surface area (Å²) in [4.78, 5) is 0. The molecule has 0 bridgehead atoms. The molecule has 1 aromatic carbocycles. The Bertz CT molecular complexity index is 448. The van der Waals surface area contributed by atoms with E-state index < -0.39 is 5.60 Å². The van der Waals surface area contributed by atoms with Gasteiger partial charge in [-0.3, -0.25) is 0 Å². The van der Waals surface area contributed by atoms with Crippen molar-refractivity contribution in [2.75, 3.05) is 0 Å². The molecule has 0 aromatic heterocycles. The molecule has 0 atom stereocenters. The highest BCUT2D eigenvalue weighted by Crippen LogP contribution is 2.43. The Morgan fingerprint density at radius 2 is 2.12 bits per heavy atom. The van der Waals surface area contributed by atoms with Gasteiger partial charge in [0.05, 0.1) is 16.7 Å². The summed E-state index contributed by atoms with van der Waals surface area (Å²) < 4.78 is 5.87. The third-order valence-corrected chi connectivity index (χ3v) is 3.70. The van der Waals surface area contributed by atoms with Crippen LogP contribution in [0.15, 0.2) is 12.1 Å². The predicted molar refractivity (Wildman–Crippen MR) is 67.7 cm³/mol. The first-order valence-corrected chi connectivity index (χ1v) is 6.62. The summed E-state index contributed by atoms with van der Waals surface area (Å²) in [6, 6.07) is 4.01. The van der Waals surface area contributed by atoms with Gasteiger partial charge in [-0.15, -0.1) is 0 Å². The van der Waals surface area contributed by atoms with Crippen molar-refractivity contribution >= 4 is 11.6 Å². The van der Waals surface area contributed by atoms with E-state index in [1.54, 1.807) is 0 Å². The summed E-state index contributed by atoms with van der Waals surface area (Å²) in [5.74, 6) is 0.792.